The molecule has 2 N–H and O–H groups in total. The zero-order chi connectivity index (χ0) is 15.9. The van der Waals surface area contributed by atoms with Crippen molar-refractivity contribution in [2.45, 2.75) is 13.1 Å². The van der Waals surface area contributed by atoms with E-state index in [-0.39, 0.29) is 0 Å². The molecule has 0 fully saturated rings. The Morgan fingerprint density at radius 3 is 2.75 bits per heavy atom. The summed E-state index contributed by atoms with van der Waals surface area (Å²) in [7, 11) is 0. The predicted octanol–water partition coefficient (Wildman–Crippen LogP) is 1.99. The lowest BCUT2D eigenvalue weighted by Crippen LogP contribution is -2.28. The maximum atomic E-state index is 4.89. The topological polar surface area (TPSA) is 84.3 Å². The van der Waals surface area contributed by atoms with Gasteiger partial charge in [-0.3, -0.25) is 9.67 Å². The third-order valence-corrected chi connectivity index (χ3v) is 4.41. The minimum atomic E-state index is 0.816. The van der Waals surface area contributed by atoms with Gasteiger partial charge in [0.15, 0.2) is 0 Å². The molecule has 7 heteroatoms. The van der Waals surface area contributed by atoms with Crippen LogP contribution in [0.25, 0.3) is 33.4 Å². The fraction of sp³-hybridized carbons (Fsp3) is 0.176. The number of nitrogens with one attached hydrogen (secondary N) is 2. The van der Waals surface area contributed by atoms with E-state index in [0.29, 0.717) is 0 Å². The second-order valence-corrected chi connectivity index (χ2v) is 5.83. The van der Waals surface area contributed by atoms with Crippen LogP contribution in [-0.4, -0.2) is 36.7 Å². The molecule has 1 aliphatic heterocycles. The van der Waals surface area contributed by atoms with Gasteiger partial charge in [-0.1, -0.05) is 6.07 Å². The molecule has 0 saturated heterocycles. The molecule has 1 aliphatic rings. The quantitative estimate of drug-likeness (QED) is 0.590. The van der Waals surface area contributed by atoms with Gasteiger partial charge in [0.2, 0.25) is 0 Å². The van der Waals surface area contributed by atoms with Crippen LogP contribution in [0.3, 0.4) is 0 Å². The highest BCUT2D eigenvalue weighted by Crippen LogP contribution is 2.35. The SMILES string of the molecule is c1cc(-c2c(-c3ccc4n[nH]nc4c3)nn3c2CNCC3)ccn1. The normalized spacial score (nSPS) is 14.0. The fourth-order valence-corrected chi connectivity index (χ4v) is 3.26. The van der Waals surface area contributed by atoms with Crippen molar-refractivity contribution in [3.8, 4) is 22.4 Å². The third kappa shape index (κ3) is 2.02. The molecule has 0 bridgehead atoms. The highest BCUT2D eigenvalue weighted by atomic mass is 15.3. The molecule has 5 rings (SSSR count). The molecule has 1 aromatic carbocycles. The second kappa shape index (κ2) is 5.24. The number of benzene rings is 1. The number of pyridine rings is 1. The van der Waals surface area contributed by atoms with E-state index in [1.165, 1.54) is 5.69 Å². The highest BCUT2D eigenvalue weighted by molar-refractivity contribution is 5.87. The van der Waals surface area contributed by atoms with Crippen LogP contribution >= 0.6 is 0 Å². The van der Waals surface area contributed by atoms with Crippen LogP contribution in [0.1, 0.15) is 5.69 Å². The number of aromatic amines is 1. The number of rotatable bonds is 2. The molecule has 0 saturated carbocycles. The van der Waals surface area contributed by atoms with E-state index < -0.39 is 0 Å². The maximum Gasteiger partial charge on any atom is 0.113 e. The second-order valence-electron chi connectivity index (χ2n) is 5.83. The van der Waals surface area contributed by atoms with E-state index in [0.717, 1.165) is 53.1 Å². The van der Waals surface area contributed by atoms with Gasteiger partial charge in [-0.2, -0.15) is 20.5 Å². The lowest BCUT2D eigenvalue weighted by Gasteiger charge is -2.16. The van der Waals surface area contributed by atoms with Gasteiger partial charge in [0.1, 0.15) is 16.7 Å². The molecule has 0 amide bonds. The number of hydrogen-bond donors (Lipinski definition) is 2. The Bertz CT molecular complexity index is 1020. The molecular weight excluding hydrogens is 302 g/mol. The third-order valence-electron chi connectivity index (χ3n) is 4.41. The Hall–Kier alpha value is -3.06. The van der Waals surface area contributed by atoms with Crippen LogP contribution in [0.15, 0.2) is 42.7 Å². The van der Waals surface area contributed by atoms with Gasteiger partial charge in [0.25, 0.3) is 0 Å². The molecule has 24 heavy (non-hydrogen) atoms. The smallest absolute Gasteiger partial charge is 0.113 e. The first-order valence-electron chi connectivity index (χ1n) is 7.92. The van der Waals surface area contributed by atoms with E-state index in [9.17, 15) is 0 Å². The summed E-state index contributed by atoms with van der Waals surface area (Å²) >= 11 is 0. The van der Waals surface area contributed by atoms with Gasteiger partial charge in [-0.25, -0.2) is 0 Å². The summed E-state index contributed by atoms with van der Waals surface area (Å²) in [5.74, 6) is 0. The summed E-state index contributed by atoms with van der Waals surface area (Å²) in [5, 5.41) is 19.3. The molecule has 0 aliphatic carbocycles. The maximum absolute atomic E-state index is 4.89. The minimum absolute atomic E-state index is 0.816. The van der Waals surface area contributed by atoms with Crippen LogP contribution in [0.2, 0.25) is 0 Å². The molecular formula is C17H15N7. The van der Waals surface area contributed by atoms with Crippen molar-refractivity contribution < 1.29 is 0 Å². The van der Waals surface area contributed by atoms with Crippen molar-refractivity contribution in [2.24, 2.45) is 0 Å². The molecule has 4 aromatic rings. The lowest BCUT2D eigenvalue weighted by atomic mass is 9.99. The number of fused-ring (bicyclic) bond motifs is 2. The van der Waals surface area contributed by atoms with Crippen molar-refractivity contribution in [1.82, 2.24) is 35.5 Å². The summed E-state index contributed by atoms with van der Waals surface area (Å²) in [4.78, 5) is 4.14. The van der Waals surface area contributed by atoms with Crippen molar-refractivity contribution in [3.05, 3.63) is 48.4 Å². The summed E-state index contributed by atoms with van der Waals surface area (Å²) < 4.78 is 2.11. The first-order chi connectivity index (χ1) is 11.9. The molecule has 0 spiro atoms. The van der Waals surface area contributed by atoms with E-state index in [2.05, 4.69) is 36.5 Å². The molecule has 118 valence electrons. The molecule has 7 nitrogen and oxygen atoms in total. The van der Waals surface area contributed by atoms with Gasteiger partial charge in [0.05, 0.1) is 12.2 Å². The Morgan fingerprint density at radius 1 is 0.958 bits per heavy atom. The minimum Gasteiger partial charge on any atom is -0.309 e. The molecule has 3 aromatic heterocycles. The predicted molar refractivity (Wildman–Crippen MR) is 90.0 cm³/mol. The van der Waals surface area contributed by atoms with Crippen LogP contribution in [0.5, 0.6) is 0 Å². The Balaban J connectivity index is 1.76. The summed E-state index contributed by atoms with van der Waals surface area (Å²) in [6.45, 7) is 2.63. The zero-order valence-electron chi connectivity index (χ0n) is 12.9. The van der Waals surface area contributed by atoms with Crippen molar-refractivity contribution >= 4 is 11.0 Å². The number of H-pyrrole nitrogens is 1. The Morgan fingerprint density at radius 2 is 1.83 bits per heavy atom. The van der Waals surface area contributed by atoms with Gasteiger partial charge in [-0.15, -0.1) is 0 Å². The van der Waals surface area contributed by atoms with Gasteiger partial charge < -0.3 is 5.32 Å². The zero-order valence-corrected chi connectivity index (χ0v) is 12.9. The molecule has 0 unspecified atom stereocenters. The van der Waals surface area contributed by atoms with Crippen LogP contribution in [0, 0.1) is 0 Å². The largest absolute Gasteiger partial charge is 0.309 e. The van der Waals surface area contributed by atoms with Crippen molar-refractivity contribution in [3.63, 3.8) is 0 Å². The molecule has 0 atom stereocenters. The lowest BCUT2D eigenvalue weighted by molar-refractivity contribution is 0.477. The van der Waals surface area contributed by atoms with Crippen LogP contribution in [-0.2, 0) is 13.1 Å². The van der Waals surface area contributed by atoms with Gasteiger partial charge in [-0.05, 0) is 29.8 Å². The Labute approximate surface area is 137 Å². The van der Waals surface area contributed by atoms with Gasteiger partial charge >= 0.3 is 0 Å². The van der Waals surface area contributed by atoms with E-state index in [1.54, 1.807) is 0 Å². The number of nitrogens with zero attached hydrogens (tertiary/aromatic N) is 5. The van der Waals surface area contributed by atoms with E-state index in [4.69, 9.17) is 5.10 Å². The van der Waals surface area contributed by atoms with E-state index in [1.807, 2.05) is 36.7 Å². The Kier molecular flexibility index (Phi) is 2.92. The van der Waals surface area contributed by atoms with Gasteiger partial charge in [0, 0.05) is 36.6 Å². The standard InChI is InChI=1S/C17H15N7/c1-2-13-14(21-23-20-13)9-12(1)17-16(11-3-5-18-6-4-11)15-10-19-7-8-24(15)22-17/h1-6,9,19H,7-8,10H2,(H,20,21,23). The number of aromatic nitrogens is 6. The molecule has 0 radical (unpaired) electrons. The first-order valence-corrected chi connectivity index (χ1v) is 7.92. The fourth-order valence-electron chi connectivity index (χ4n) is 3.26. The summed E-state index contributed by atoms with van der Waals surface area (Å²) in [6.07, 6.45) is 3.64. The average molecular weight is 317 g/mol. The molecule has 4 heterocycles. The van der Waals surface area contributed by atoms with Crippen molar-refractivity contribution in [1.29, 1.82) is 0 Å². The summed E-state index contributed by atoms with van der Waals surface area (Å²) in [5.41, 5.74) is 7.22. The van der Waals surface area contributed by atoms with Crippen LogP contribution < -0.4 is 5.32 Å². The monoisotopic (exact) mass is 317 g/mol. The van der Waals surface area contributed by atoms with E-state index >= 15 is 0 Å². The van der Waals surface area contributed by atoms with Crippen LogP contribution in [0.4, 0.5) is 0 Å². The average Bonchev–Trinajstić information content (AvgIpc) is 3.26. The highest BCUT2D eigenvalue weighted by Gasteiger charge is 2.22. The van der Waals surface area contributed by atoms with Crippen molar-refractivity contribution in [2.75, 3.05) is 6.54 Å². The first kappa shape index (κ1) is 13.4. The number of hydrogen-bond acceptors (Lipinski definition) is 5. The summed E-state index contributed by atoms with van der Waals surface area (Å²) in [6, 6.07) is 10.1.